The second-order valence-electron chi connectivity index (χ2n) is 4.67. The van der Waals surface area contributed by atoms with Crippen molar-refractivity contribution < 1.29 is 22.0 Å². The van der Waals surface area contributed by atoms with Crippen LogP contribution in [0.15, 0.2) is 42.5 Å². The van der Waals surface area contributed by atoms with Gasteiger partial charge in [-0.1, -0.05) is 18.2 Å². The average Bonchev–Trinajstić information content (AvgIpc) is 2.41. The van der Waals surface area contributed by atoms with Crippen LogP contribution in [0.5, 0.6) is 0 Å². The molecule has 0 bridgehead atoms. The Kier molecular flexibility index (Phi) is 4.27. The maximum atomic E-state index is 13.6. The van der Waals surface area contributed by atoms with Crippen LogP contribution in [0.3, 0.4) is 0 Å². The highest BCUT2D eigenvalue weighted by atomic mass is 19.4. The van der Waals surface area contributed by atoms with E-state index in [1.54, 1.807) is 0 Å². The second-order valence-corrected chi connectivity index (χ2v) is 4.67. The summed E-state index contributed by atoms with van der Waals surface area (Å²) in [4.78, 5) is 0. The molecule has 0 heterocycles. The van der Waals surface area contributed by atoms with Crippen molar-refractivity contribution in [1.29, 1.82) is 0 Å². The highest BCUT2D eigenvalue weighted by Crippen LogP contribution is 2.30. The van der Waals surface area contributed by atoms with Crippen LogP contribution in [-0.4, -0.2) is 0 Å². The van der Waals surface area contributed by atoms with E-state index in [-0.39, 0.29) is 12.0 Å². The molecule has 1 atom stereocenters. The smallest absolute Gasteiger partial charge is 0.324 e. The molecular formula is C15H12F5N. The monoisotopic (exact) mass is 301 g/mol. The molecule has 2 N–H and O–H groups in total. The van der Waals surface area contributed by atoms with Crippen LogP contribution in [0.25, 0.3) is 0 Å². The van der Waals surface area contributed by atoms with Gasteiger partial charge in [0, 0.05) is 11.6 Å². The summed E-state index contributed by atoms with van der Waals surface area (Å²) >= 11 is 0. The van der Waals surface area contributed by atoms with Crippen molar-refractivity contribution in [3.05, 3.63) is 70.8 Å². The van der Waals surface area contributed by atoms with E-state index in [1.807, 2.05) is 0 Å². The Bertz CT molecular complexity index is 636. The molecular weight excluding hydrogens is 289 g/mol. The van der Waals surface area contributed by atoms with Crippen molar-refractivity contribution >= 4 is 0 Å². The van der Waals surface area contributed by atoms with E-state index in [1.165, 1.54) is 12.1 Å². The first-order valence-electron chi connectivity index (χ1n) is 6.14. The normalized spacial score (nSPS) is 13.2. The van der Waals surface area contributed by atoms with E-state index in [0.29, 0.717) is 5.56 Å². The van der Waals surface area contributed by atoms with Gasteiger partial charge >= 0.3 is 6.18 Å². The van der Waals surface area contributed by atoms with Crippen LogP contribution < -0.4 is 5.73 Å². The first kappa shape index (κ1) is 15.4. The molecule has 0 fully saturated rings. The minimum Gasteiger partial charge on any atom is -0.324 e. The molecule has 6 heteroatoms. The van der Waals surface area contributed by atoms with Gasteiger partial charge in [0.2, 0.25) is 0 Å². The van der Waals surface area contributed by atoms with Gasteiger partial charge in [0.25, 0.3) is 0 Å². The van der Waals surface area contributed by atoms with E-state index < -0.39 is 29.4 Å². The number of nitrogens with two attached hydrogens (primary N) is 1. The molecule has 2 aromatic carbocycles. The van der Waals surface area contributed by atoms with Gasteiger partial charge in [0.1, 0.15) is 11.6 Å². The molecule has 0 spiro atoms. The van der Waals surface area contributed by atoms with Gasteiger partial charge in [0.15, 0.2) is 0 Å². The summed E-state index contributed by atoms with van der Waals surface area (Å²) in [6.45, 7) is 0. The molecule has 2 aromatic rings. The number of hydrogen-bond acceptors (Lipinski definition) is 1. The fourth-order valence-corrected chi connectivity index (χ4v) is 2.04. The van der Waals surface area contributed by atoms with Gasteiger partial charge in [-0.3, -0.25) is 0 Å². The molecule has 0 aliphatic carbocycles. The molecule has 0 saturated carbocycles. The first-order chi connectivity index (χ1) is 9.77. The van der Waals surface area contributed by atoms with Gasteiger partial charge in [-0.25, -0.2) is 8.78 Å². The SMILES string of the molecule is NC(Cc1cccc(C(F)(F)F)c1)c1cc(F)ccc1F. The molecule has 0 aliphatic heterocycles. The summed E-state index contributed by atoms with van der Waals surface area (Å²) in [6.07, 6.45) is -4.48. The predicted molar refractivity (Wildman–Crippen MR) is 68.4 cm³/mol. The van der Waals surface area contributed by atoms with Crippen LogP contribution in [0.1, 0.15) is 22.7 Å². The minimum atomic E-state index is -4.45. The van der Waals surface area contributed by atoms with Crippen molar-refractivity contribution in [2.24, 2.45) is 5.73 Å². The molecule has 21 heavy (non-hydrogen) atoms. The summed E-state index contributed by atoms with van der Waals surface area (Å²) in [5.41, 5.74) is 5.21. The Hall–Kier alpha value is -1.95. The lowest BCUT2D eigenvalue weighted by atomic mass is 9.98. The first-order valence-corrected chi connectivity index (χ1v) is 6.14. The maximum Gasteiger partial charge on any atom is 0.416 e. The van der Waals surface area contributed by atoms with Crippen LogP contribution in [-0.2, 0) is 12.6 Å². The summed E-state index contributed by atoms with van der Waals surface area (Å²) in [5, 5.41) is 0. The molecule has 1 unspecified atom stereocenters. The fraction of sp³-hybridized carbons (Fsp3) is 0.200. The van der Waals surface area contributed by atoms with Crippen molar-refractivity contribution in [1.82, 2.24) is 0 Å². The van der Waals surface area contributed by atoms with Crippen molar-refractivity contribution in [2.45, 2.75) is 18.6 Å². The van der Waals surface area contributed by atoms with E-state index in [0.717, 1.165) is 30.3 Å². The standard InChI is InChI=1S/C15H12F5N/c16-11-4-5-13(17)12(8-11)14(21)7-9-2-1-3-10(6-9)15(18,19)20/h1-6,8,14H,7,21H2. The molecule has 0 amide bonds. The zero-order valence-electron chi connectivity index (χ0n) is 10.8. The number of halogens is 5. The average molecular weight is 301 g/mol. The van der Waals surface area contributed by atoms with E-state index in [2.05, 4.69) is 0 Å². The molecule has 2 rings (SSSR count). The van der Waals surface area contributed by atoms with Crippen molar-refractivity contribution in [3.8, 4) is 0 Å². The summed E-state index contributed by atoms with van der Waals surface area (Å²) in [5.74, 6) is -1.33. The Morgan fingerprint density at radius 3 is 2.38 bits per heavy atom. The lowest BCUT2D eigenvalue weighted by Gasteiger charge is -2.14. The Labute approximate surface area is 118 Å². The minimum absolute atomic E-state index is 0.0235. The summed E-state index contributed by atoms with van der Waals surface area (Å²) < 4.78 is 64.5. The van der Waals surface area contributed by atoms with Gasteiger partial charge in [-0.15, -0.1) is 0 Å². The molecule has 0 aliphatic rings. The third-order valence-electron chi connectivity index (χ3n) is 3.07. The quantitative estimate of drug-likeness (QED) is 0.844. The van der Waals surface area contributed by atoms with Crippen LogP contribution >= 0.6 is 0 Å². The van der Waals surface area contributed by atoms with Crippen molar-refractivity contribution in [3.63, 3.8) is 0 Å². The zero-order chi connectivity index (χ0) is 15.6. The third-order valence-corrected chi connectivity index (χ3v) is 3.07. The molecule has 1 nitrogen and oxygen atoms in total. The largest absolute Gasteiger partial charge is 0.416 e. The zero-order valence-corrected chi connectivity index (χ0v) is 10.8. The molecule has 112 valence electrons. The lowest BCUT2D eigenvalue weighted by Crippen LogP contribution is -2.16. The lowest BCUT2D eigenvalue weighted by molar-refractivity contribution is -0.137. The van der Waals surface area contributed by atoms with Crippen LogP contribution in [0.4, 0.5) is 22.0 Å². The van der Waals surface area contributed by atoms with E-state index in [9.17, 15) is 22.0 Å². The van der Waals surface area contributed by atoms with Crippen LogP contribution in [0.2, 0.25) is 0 Å². The fourth-order valence-electron chi connectivity index (χ4n) is 2.04. The van der Waals surface area contributed by atoms with Gasteiger partial charge in [0.05, 0.1) is 5.56 Å². The summed E-state index contributed by atoms with van der Waals surface area (Å²) in [6, 6.07) is 6.54. The highest BCUT2D eigenvalue weighted by Gasteiger charge is 2.30. The van der Waals surface area contributed by atoms with Gasteiger partial charge in [-0.2, -0.15) is 13.2 Å². The number of hydrogen-bond donors (Lipinski definition) is 1. The molecule has 0 radical (unpaired) electrons. The van der Waals surface area contributed by atoms with Crippen molar-refractivity contribution in [2.75, 3.05) is 0 Å². The summed E-state index contributed by atoms with van der Waals surface area (Å²) in [7, 11) is 0. The predicted octanol–water partition coefficient (Wildman–Crippen LogP) is 4.23. The molecule has 0 aromatic heterocycles. The Balaban J connectivity index is 2.23. The topological polar surface area (TPSA) is 26.0 Å². The van der Waals surface area contributed by atoms with E-state index in [4.69, 9.17) is 5.73 Å². The Morgan fingerprint density at radius 2 is 1.71 bits per heavy atom. The van der Waals surface area contributed by atoms with E-state index >= 15 is 0 Å². The van der Waals surface area contributed by atoms with Crippen LogP contribution in [0, 0.1) is 11.6 Å². The highest BCUT2D eigenvalue weighted by molar-refractivity contribution is 5.29. The number of benzene rings is 2. The number of rotatable bonds is 3. The Morgan fingerprint density at radius 1 is 1.00 bits per heavy atom. The second kappa shape index (κ2) is 5.81. The maximum absolute atomic E-state index is 13.6. The molecule has 0 saturated heterocycles. The number of alkyl halides is 3. The third kappa shape index (κ3) is 3.78. The van der Waals surface area contributed by atoms with Gasteiger partial charge in [-0.05, 0) is 36.2 Å². The van der Waals surface area contributed by atoms with Gasteiger partial charge < -0.3 is 5.73 Å².